The summed E-state index contributed by atoms with van der Waals surface area (Å²) in [5.74, 6) is 0. The molecular weight excluding hydrogens is 404 g/mol. The summed E-state index contributed by atoms with van der Waals surface area (Å²) < 4.78 is 0. The number of H-pyrrole nitrogens is 2. The van der Waals surface area contributed by atoms with Crippen LogP contribution in [0.1, 0.15) is 50.7 Å². The van der Waals surface area contributed by atoms with Crippen LogP contribution < -0.4 is 16.6 Å². The molecule has 8 nitrogen and oxygen atoms in total. The van der Waals surface area contributed by atoms with E-state index in [1.165, 1.54) is 17.1 Å². The van der Waals surface area contributed by atoms with Gasteiger partial charge in [0.05, 0.1) is 22.8 Å². The number of unbranched alkanes of at least 4 members (excludes halogenated alkanes) is 1. The van der Waals surface area contributed by atoms with Crippen molar-refractivity contribution >= 4 is 16.6 Å². The largest absolute Gasteiger partial charge is 0.325 e. The molecule has 0 bridgehead atoms. The standard InChI is InChI=1S/C24H30N6O2/c1-3-8-22(20-16-27-24(32)28-23(20)31)30-29-17(2)9-6-7-13-25-15-18-12-14-26-21-11-5-4-10-19(18)21/h4-5,8,10-12,14,16-17,25H,3,6-7,9,13,15H2,1-2H3,(H2,27,28,31,32)/b22-8-,30-29?. The van der Waals surface area contributed by atoms with Gasteiger partial charge < -0.3 is 10.3 Å². The summed E-state index contributed by atoms with van der Waals surface area (Å²) >= 11 is 0. The second-order valence-electron chi connectivity index (χ2n) is 7.71. The van der Waals surface area contributed by atoms with Crippen LogP contribution in [-0.2, 0) is 6.54 Å². The molecular formula is C24H30N6O2. The van der Waals surface area contributed by atoms with E-state index < -0.39 is 11.2 Å². The Bertz CT molecular complexity index is 1190. The molecule has 168 valence electrons. The molecule has 2 heterocycles. The van der Waals surface area contributed by atoms with Crippen molar-refractivity contribution in [2.24, 2.45) is 10.2 Å². The highest BCUT2D eigenvalue weighted by atomic mass is 16.2. The Labute approximate surface area is 186 Å². The average molecular weight is 435 g/mol. The van der Waals surface area contributed by atoms with Gasteiger partial charge in [-0.1, -0.05) is 37.6 Å². The van der Waals surface area contributed by atoms with Crippen molar-refractivity contribution in [1.29, 1.82) is 0 Å². The third kappa shape index (κ3) is 6.55. The Morgan fingerprint density at radius 3 is 2.88 bits per heavy atom. The van der Waals surface area contributed by atoms with E-state index in [2.05, 4.69) is 42.6 Å². The zero-order valence-electron chi connectivity index (χ0n) is 18.6. The van der Waals surface area contributed by atoms with Crippen LogP contribution in [0.3, 0.4) is 0 Å². The first-order chi connectivity index (χ1) is 15.6. The maximum absolute atomic E-state index is 12.0. The van der Waals surface area contributed by atoms with E-state index in [1.54, 1.807) is 0 Å². The number of pyridine rings is 1. The van der Waals surface area contributed by atoms with Gasteiger partial charge in [-0.25, -0.2) is 4.79 Å². The van der Waals surface area contributed by atoms with Crippen molar-refractivity contribution in [2.75, 3.05) is 6.54 Å². The van der Waals surface area contributed by atoms with Gasteiger partial charge in [0.15, 0.2) is 0 Å². The fourth-order valence-corrected chi connectivity index (χ4v) is 3.44. The maximum Gasteiger partial charge on any atom is 0.325 e. The average Bonchev–Trinajstić information content (AvgIpc) is 2.79. The molecule has 1 atom stereocenters. The predicted octanol–water partition coefficient (Wildman–Crippen LogP) is 4.16. The van der Waals surface area contributed by atoms with Crippen LogP contribution in [-0.4, -0.2) is 27.5 Å². The molecule has 1 unspecified atom stereocenters. The highest BCUT2D eigenvalue weighted by molar-refractivity contribution is 5.81. The fourth-order valence-electron chi connectivity index (χ4n) is 3.44. The summed E-state index contributed by atoms with van der Waals surface area (Å²) in [5.41, 5.74) is 2.06. The van der Waals surface area contributed by atoms with Crippen LogP contribution in [0.25, 0.3) is 16.6 Å². The van der Waals surface area contributed by atoms with Crippen molar-refractivity contribution < 1.29 is 0 Å². The number of para-hydroxylation sites is 1. The smallest absolute Gasteiger partial charge is 0.313 e. The molecule has 0 saturated heterocycles. The molecule has 3 aromatic rings. The lowest BCUT2D eigenvalue weighted by atomic mass is 10.1. The lowest BCUT2D eigenvalue weighted by Crippen LogP contribution is -2.24. The first-order valence-electron chi connectivity index (χ1n) is 11.0. The van der Waals surface area contributed by atoms with Crippen molar-refractivity contribution in [3.05, 3.63) is 80.8 Å². The molecule has 0 aliphatic heterocycles. The van der Waals surface area contributed by atoms with Crippen LogP contribution in [0.4, 0.5) is 0 Å². The van der Waals surface area contributed by atoms with Gasteiger partial charge >= 0.3 is 5.69 Å². The van der Waals surface area contributed by atoms with Gasteiger partial charge in [-0.05, 0) is 50.4 Å². The van der Waals surface area contributed by atoms with Crippen LogP contribution in [0.5, 0.6) is 0 Å². The number of hydrogen-bond donors (Lipinski definition) is 3. The molecule has 0 aliphatic rings. The molecule has 0 radical (unpaired) electrons. The molecule has 0 saturated carbocycles. The van der Waals surface area contributed by atoms with Gasteiger partial charge in [-0.15, -0.1) is 0 Å². The summed E-state index contributed by atoms with van der Waals surface area (Å²) in [6, 6.07) is 10.3. The lowest BCUT2D eigenvalue weighted by Gasteiger charge is -2.09. The van der Waals surface area contributed by atoms with Crippen molar-refractivity contribution in [3.63, 3.8) is 0 Å². The molecule has 8 heteroatoms. The normalized spacial score (nSPS) is 13.1. The van der Waals surface area contributed by atoms with E-state index in [-0.39, 0.29) is 6.04 Å². The number of azo groups is 1. The Morgan fingerprint density at radius 1 is 1.22 bits per heavy atom. The molecule has 0 spiro atoms. The van der Waals surface area contributed by atoms with E-state index in [9.17, 15) is 9.59 Å². The minimum atomic E-state index is -0.536. The van der Waals surface area contributed by atoms with Crippen LogP contribution in [0.2, 0.25) is 0 Å². The van der Waals surface area contributed by atoms with Gasteiger partial charge in [0.2, 0.25) is 0 Å². The van der Waals surface area contributed by atoms with Crippen molar-refractivity contribution in [1.82, 2.24) is 20.3 Å². The molecule has 0 fully saturated rings. The monoisotopic (exact) mass is 434 g/mol. The molecule has 0 amide bonds. The SMILES string of the molecule is CC/C=C(\N=NC(C)CCCCNCc1ccnc2ccccc12)c1c[nH]c(=O)[nH]c1=O. The molecule has 2 aromatic heterocycles. The number of aromatic amines is 2. The number of hydrogen-bond acceptors (Lipinski definition) is 6. The summed E-state index contributed by atoms with van der Waals surface area (Å²) in [4.78, 5) is 32.4. The Morgan fingerprint density at radius 2 is 2.06 bits per heavy atom. The third-order valence-electron chi connectivity index (χ3n) is 5.14. The van der Waals surface area contributed by atoms with Gasteiger partial charge in [-0.2, -0.15) is 10.2 Å². The predicted molar refractivity (Wildman–Crippen MR) is 128 cm³/mol. The topological polar surface area (TPSA) is 115 Å². The highest BCUT2D eigenvalue weighted by Gasteiger charge is 2.07. The van der Waals surface area contributed by atoms with E-state index >= 15 is 0 Å². The Kier molecular flexibility index (Phi) is 8.62. The third-order valence-corrected chi connectivity index (χ3v) is 5.14. The van der Waals surface area contributed by atoms with E-state index in [1.807, 2.05) is 44.3 Å². The second kappa shape index (κ2) is 11.9. The summed E-state index contributed by atoms with van der Waals surface area (Å²) in [5, 5.41) is 13.3. The van der Waals surface area contributed by atoms with Crippen molar-refractivity contribution in [3.8, 4) is 0 Å². The number of fused-ring (bicyclic) bond motifs is 1. The number of allylic oxidation sites excluding steroid dienone is 1. The van der Waals surface area contributed by atoms with Crippen molar-refractivity contribution in [2.45, 2.75) is 52.1 Å². The van der Waals surface area contributed by atoms with Gasteiger partial charge in [-0.3, -0.25) is 14.8 Å². The molecule has 0 aliphatic carbocycles. The number of rotatable bonds is 11. The van der Waals surface area contributed by atoms with Gasteiger partial charge in [0.25, 0.3) is 5.56 Å². The molecule has 32 heavy (non-hydrogen) atoms. The van der Waals surface area contributed by atoms with E-state index in [0.717, 1.165) is 37.9 Å². The van der Waals surface area contributed by atoms with Gasteiger partial charge in [0, 0.05) is 24.3 Å². The zero-order valence-corrected chi connectivity index (χ0v) is 18.6. The summed E-state index contributed by atoms with van der Waals surface area (Å²) in [7, 11) is 0. The van der Waals surface area contributed by atoms with Crippen LogP contribution >= 0.6 is 0 Å². The lowest BCUT2D eigenvalue weighted by molar-refractivity contribution is 0.555. The summed E-state index contributed by atoms with van der Waals surface area (Å²) in [6.45, 7) is 5.71. The minimum Gasteiger partial charge on any atom is -0.313 e. The number of nitrogens with zero attached hydrogens (tertiary/aromatic N) is 3. The van der Waals surface area contributed by atoms with E-state index in [0.29, 0.717) is 17.7 Å². The fraction of sp³-hybridized carbons (Fsp3) is 0.375. The van der Waals surface area contributed by atoms with Crippen LogP contribution in [0.15, 0.2) is 68.6 Å². The van der Waals surface area contributed by atoms with E-state index in [4.69, 9.17) is 0 Å². The molecule has 3 rings (SSSR count). The maximum atomic E-state index is 12.0. The minimum absolute atomic E-state index is 0.0428. The number of benzene rings is 1. The first kappa shape index (κ1) is 23.3. The highest BCUT2D eigenvalue weighted by Crippen LogP contribution is 2.16. The first-order valence-corrected chi connectivity index (χ1v) is 11.0. The van der Waals surface area contributed by atoms with Crippen LogP contribution in [0, 0.1) is 0 Å². The molecule has 1 aromatic carbocycles. The quantitative estimate of drug-likeness (QED) is 0.310. The number of nitrogens with one attached hydrogen (secondary N) is 3. The Balaban J connectivity index is 1.43. The second-order valence-corrected chi connectivity index (χ2v) is 7.71. The molecule has 3 N–H and O–H groups in total. The zero-order chi connectivity index (χ0) is 22.8. The Hall–Kier alpha value is -3.39. The van der Waals surface area contributed by atoms with Gasteiger partial charge in [0.1, 0.15) is 0 Å². The summed E-state index contributed by atoms with van der Waals surface area (Å²) in [6.07, 6.45) is 8.74. The number of aromatic nitrogens is 3.